The van der Waals surface area contributed by atoms with E-state index in [-0.39, 0.29) is 0 Å². The molecule has 0 saturated carbocycles. The summed E-state index contributed by atoms with van der Waals surface area (Å²) in [4.78, 5) is 0. The van der Waals surface area contributed by atoms with Crippen molar-refractivity contribution in [3.8, 4) is 0 Å². The smallest absolute Gasteiger partial charge is 0.0749 e. The van der Waals surface area contributed by atoms with E-state index in [1.807, 2.05) is 60.7 Å². The lowest BCUT2D eigenvalue weighted by atomic mass is 10.2. The molecule has 0 spiro atoms. The number of rotatable bonds is 2. The highest BCUT2D eigenvalue weighted by molar-refractivity contribution is 9.15. The van der Waals surface area contributed by atoms with Crippen molar-refractivity contribution in [2.45, 2.75) is 0 Å². The molecular weight excluding hydrogens is 308 g/mol. The van der Waals surface area contributed by atoms with Gasteiger partial charge in [0.25, 0.3) is 0 Å². The van der Waals surface area contributed by atoms with E-state index >= 15 is 0 Å². The molecule has 2 heteroatoms. The maximum atomic E-state index is 5.81. The molecule has 0 saturated heterocycles. The van der Waals surface area contributed by atoms with Crippen LogP contribution in [0.25, 0.3) is 10.6 Å². The summed E-state index contributed by atoms with van der Waals surface area (Å²) in [5.74, 6) is 0. The predicted octanol–water partition coefficient (Wildman–Crippen LogP) is 5.54. The van der Waals surface area contributed by atoms with E-state index in [1.54, 1.807) is 0 Å². The van der Waals surface area contributed by atoms with E-state index in [4.69, 9.17) is 11.6 Å². The fourth-order valence-electron chi connectivity index (χ4n) is 1.40. The third-order valence-electron chi connectivity index (χ3n) is 2.32. The van der Waals surface area contributed by atoms with Crippen LogP contribution >= 0.6 is 27.5 Å². The fraction of sp³-hybridized carbons (Fsp3) is 0. The first-order valence-electron chi connectivity index (χ1n) is 5.44. The molecule has 0 atom stereocenters. The lowest BCUT2D eigenvalue weighted by Gasteiger charge is -1.93. The zero-order valence-electron chi connectivity index (χ0n) is 9.53. The largest absolute Gasteiger partial charge is 0.0843 e. The Morgan fingerprint density at radius 2 is 1.67 bits per heavy atom. The SMILES string of the molecule is Clc1ccc(C=C=C=C(Br)c2ccccc2)cc1. The van der Waals surface area contributed by atoms with Crippen LogP contribution in [0.2, 0.25) is 5.02 Å². The van der Waals surface area contributed by atoms with Crippen molar-refractivity contribution < 1.29 is 0 Å². The van der Waals surface area contributed by atoms with Crippen molar-refractivity contribution in [3.63, 3.8) is 0 Å². The van der Waals surface area contributed by atoms with Gasteiger partial charge in [-0.1, -0.05) is 65.5 Å². The monoisotopic (exact) mass is 316 g/mol. The zero-order valence-corrected chi connectivity index (χ0v) is 11.9. The van der Waals surface area contributed by atoms with Gasteiger partial charge in [0, 0.05) is 5.02 Å². The van der Waals surface area contributed by atoms with Gasteiger partial charge >= 0.3 is 0 Å². The average Bonchev–Trinajstić information content (AvgIpc) is 2.42. The van der Waals surface area contributed by atoms with E-state index in [9.17, 15) is 0 Å². The van der Waals surface area contributed by atoms with Crippen LogP contribution in [0.15, 0.2) is 66.1 Å². The first-order valence-corrected chi connectivity index (χ1v) is 6.61. The Morgan fingerprint density at radius 3 is 2.33 bits per heavy atom. The zero-order chi connectivity index (χ0) is 12.8. The van der Waals surface area contributed by atoms with Gasteiger partial charge in [0.1, 0.15) is 0 Å². The molecule has 0 fully saturated rings. The molecular formula is C16H10BrCl. The first-order chi connectivity index (χ1) is 8.75. The number of hydrogen-bond donors (Lipinski definition) is 0. The summed E-state index contributed by atoms with van der Waals surface area (Å²) in [5, 5.41) is 0.733. The van der Waals surface area contributed by atoms with Gasteiger partial charge in [0.15, 0.2) is 0 Å². The summed E-state index contributed by atoms with van der Waals surface area (Å²) in [6.45, 7) is 0. The topological polar surface area (TPSA) is 0 Å². The summed E-state index contributed by atoms with van der Waals surface area (Å²) in [6.07, 6.45) is 1.86. The molecule has 0 aliphatic heterocycles. The average molecular weight is 318 g/mol. The molecule has 18 heavy (non-hydrogen) atoms. The summed E-state index contributed by atoms with van der Waals surface area (Å²) in [5.41, 5.74) is 8.19. The van der Waals surface area contributed by atoms with Gasteiger partial charge in [-0.3, -0.25) is 0 Å². The summed E-state index contributed by atoms with van der Waals surface area (Å²) >= 11 is 9.29. The van der Waals surface area contributed by atoms with E-state index < -0.39 is 0 Å². The lowest BCUT2D eigenvalue weighted by Crippen LogP contribution is -1.71. The Balaban J connectivity index is 2.27. The van der Waals surface area contributed by atoms with Crippen LogP contribution in [-0.2, 0) is 0 Å². The molecule has 0 aliphatic rings. The molecule has 2 rings (SSSR count). The second-order valence-corrected chi connectivity index (χ2v) is 4.87. The Morgan fingerprint density at radius 1 is 1.00 bits per heavy atom. The molecule has 0 heterocycles. The first kappa shape index (κ1) is 13.0. The van der Waals surface area contributed by atoms with Crippen molar-refractivity contribution in [2.75, 3.05) is 0 Å². The molecule has 0 N–H and O–H groups in total. The van der Waals surface area contributed by atoms with Gasteiger partial charge in [-0.15, -0.1) is 0 Å². The third kappa shape index (κ3) is 3.77. The van der Waals surface area contributed by atoms with Crippen LogP contribution in [0.4, 0.5) is 0 Å². The normalized spacial score (nSPS) is 9.22. The van der Waals surface area contributed by atoms with Gasteiger partial charge in [-0.2, -0.15) is 0 Å². The maximum absolute atomic E-state index is 5.81. The Labute approximate surface area is 120 Å². The fourth-order valence-corrected chi connectivity index (χ4v) is 1.90. The van der Waals surface area contributed by atoms with Gasteiger partial charge in [0.2, 0.25) is 0 Å². The Hall–Kier alpha value is -1.49. The molecule has 88 valence electrons. The molecule has 0 radical (unpaired) electrons. The molecule has 2 aromatic carbocycles. The molecule has 0 aliphatic carbocycles. The highest BCUT2D eigenvalue weighted by Crippen LogP contribution is 2.18. The van der Waals surface area contributed by atoms with E-state index in [1.165, 1.54) is 0 Å². The highest BCUT2D eigenvalue weighted by Gasteiger charge is 1.92. The lowest BCUT2D eigenvalue weighted by molar-refractivity contribution is 1.65. The van der Waals surface area contributed by atoms with E-state index in [0.29, 0.717) is 0 Å². The quantitative estimate of drug-likeness (QED) is 0.638. The number of halogens is 2. The second-order valence-electron chi connectivity index (χ2n) is 3.65. The minimum absolute atomic E-state index is 0.733. The van der Waals surface area contributed by atoms with Crippen LogP contribution in [-0.4, -0.2) is 0 Å². The molecule has 0 aromatic heterocycles. The van der Waals surface area contributed by atoms with Gasteiger partial charge in [0.05, 0.1) is 4.48 Å². The summed E-state index contributed by atoms with van der Waals surface area (Å²) in [7, 11) is 0. The highest BCUT2D eigenvalue weighted by atomic mass is 79.9. The van der Waals surface area contributed by atoms with Crippen molar-refractivity contribution >= 4 is 38.1 Å². The van der Waals surface area contributed by atoms with E-state index in [2.05, 4.69) is 27.4 Å². The van der Waals surface area contributed by atoms with Crippen molar-refractivity contribution in [1.29, 1.82) is 0 Å². The molecule has 0 amide bonds. The van der Waals surface area contributed by atoms with Crippen molar-refractivity contribution in [3.05, 3.63) is 82.2 Å². The third-order valence-corrected chi connectivity index (χ3v) is 3.23. The number of benzene rings is 2. The van der Waals surface area contributed by atoms with Crippen LogP contribution < -0.4 is 0 Å². The predicted molar refractivity (Wildman–Crippen MR) is 81.7 cm³/mol. The molecule has 0 unspecified atom stereocenters. The van der Waals surface area contributed by atoms with Crippen LogP contribution in [0.3, 0.4) is 0 Å². The molecule has 2 aromatic rings. The summed E-state index contributed by atoms with van der Waals surface area (Å²) < 4.78 is 0.883. The number of hydrogen-bond acceptors (Lipinski definition) is 0. The van der Waals surface area contributed by atoms with Crippen molar-refractivity contribution in [1.82, 2.24) is 0 Å². The Bertz CT molecular complexity index is 614. The van der Waals surface area contributed by atoms with Crippen LogP contribution in [0.1, 0.15) is 11.1 Å². The van der Waals surface area contributed by atoms with Gasteiger partial charge in [-0.25, -0.2) is 0 Å². The summed E-state index contributed by atoms with van der Waals surface area (Å²) in [6, 6.07) is 17.6. The van der Waals surface area contributed by atoms with E-state index in [0.717, 1.165) is 20.6 Å². The second kappa shape index (κ2) is 6.44. The molecule has 0 nitrogen and oxygen atoms in total. The van der Waals surface area contributed by atoms with Crippen molar-refractivity contribution in [2.24, 2.45) is 0 Å². The Kier molecular flexibility index (Phi) is 4.64. The van der Waals surface area contributed by atoms with Gasteiger partial charge in [-0.05, 0) is 45.3 Å². The maximum Gasteiger partial charge on any atom is 0.0749 e. The van der Waals surface area contributed by atoms with Crippen LogP contribution in [0, 0.1) is 0 Å². The van der Waals surface area contributed by atoms with Crippen LogP contribution in [0.5, 0.6) is 0 Å². The minimum atomic E-state index is 0.733. The molecule has 0 bridgehead atoms. The standard InChI is InChI=1S/C16H10BrCl/c17-16(14-6-2-1-3-7-14)8-4-5-13-9-11-15(18)12-10-13/h1-3,5-7,9-12H. The minimum Gasteiger partial charge on any atom is -0.0843 e. The van der Waals surface area contributed by atoms with Gasteiger partial charge < -0.3 is 0 Å².